The highest BCUT2D eigenvalue weighted by atomic mass is 15.5. The molecule has 0 amide bonds. The van der Waals surface area contributed by atoms with Crippen LogP contribution in [-0.4, -0.2) is 26.2 Å². The Morgan fingerprint density at radius 2 is 2.00 bits per heavy atom. The lowest BCUT2D eigenvalue weighted by molar-refractivity contribution is 0.444. The summed E-state index contributed by atoms with van der Waals surface area (Å²) >= 11 is 0. The Hall–Kier alpha value is -1.91. The Labute approximate surface area is 125 Å². The van der Waals surface area contributed by atoms with Crippen LogP contribution >= 0.6 is 0 Å². The Morgan fingerprint density at radius 1 is 1.14 bits per heavy atom. The molecule has 2 unspecified atom stereocenters. The summed E-state index contributed by atoms with van der Waals surface area (Å²) < 4.78 is 1.67. The van der Waals surface area contributed by atoms with Gasteiger partial charge in [0.25, 0.3) is 0 Å². The number of nitrogens with one attached hydrogen (secondary N) is 1. The largest absolute Gasteiger partial charge is 0.382 e. The fourth-order valence-electron chi connectivity index (χ4n) is 3.16. The van der Waals surface area contributed by atoms with Crippen LogP contribution in [0.1, 0.15) is 45.4 Å². The maximum Gasteiger partial charge on any atom is 0.143 e. The van der Waals surface area contributed by atoms with Gasteiger partial charge in [-0.05, 0) is 59.9 Å². The van der Waals surface area contributed by atoms with Gasteiger partial charge in [-0.2, -0.15) is 0 Å². The molecule has 3 rings (SSSR count). The van der Waals surface area contributed by atoms with Gasteiger partial charge >= 0.3 is 0 Å². The van der Waals surface area contributed by atoms with Crippen LogP contribution in [0.5, 0.6) is 0 Å². The van der Waals surface area contributed by atoms with Crippen LogP contribution in [0, 0.1) is 5.92 Å². The van der Waals surface area contributed by atoms with Gasteiger partial charge in [0, 0.05) is 11.7 Å². The van der Waals surface area contributed by atoms with E-state index < -0.39 is 0 Å². The highest BCUT2D eigenvalue weighted by Crippen LogP contribution is 2.27. The van der Waals surface area contributed by atoms with Crippen molar-refractivity contribution in [3.8, 4) is 5.69 Å². The molecule has 1 aromatic carbocycles. The van der Waals surface area contributed by atoms with Crippen LogP contribution in [0.15, 0.2) is 30.6 Å². The van der Waals surface area contributed by atoms with Gasteiger partial charge in [0.2, 0.25) is 0 Å². The van der Waals surface area contributed by atoms with Crippen molar-refractivity contribution in [2.45, 2.75) is 51.5 Å². The maximum absolute atomic E-state index is 3.90. The quantitative estimate of drug-likeness (QED) is 0.874. The first kappa shape index (κ1) is 14.0. The third-order valence-corrected chi connectivity index (χ3v) is 4.52. The minimum absolute atomic E-state index is 0.612. The zero-order valence-corrected chi connectivity index (χ0v) is 12.6. The highest BCUT2D eigenvalue weighted by molar-refractivity contribution is 5.48. The van der Waals surface area contributed by atoms with Crippen LogP contribution in [-0.2, 0) is 0 Å². The molecule has 112 valence electrons. The summed E-state index contributed by atoms with van der Waals surface area (Å²) in [6, 6.07) is 8.92. The zero-order valence-electron chi connectivity index (χ0n) is 12.6. The van der Waals surface area contributed by atoms with E-state index in [-0.39, 0.29) is 0 Å². The van der Waals surface area contributed by atoms with E-state index in [2.05, 4.69) is 39.9 Å². The fourth-order valence-corrected chi connectivity index (χ4v) is 3.16. The molecule has 0 saturated heterocycles. The summed E-state index contributed by atoms with van der Waals surface area (Å²) in [6.07, 6.45) is 9.60. The summed E-state index contributed by atoms with van der Waals surface area (Å²) in [7, 11) is 0. The molecule has 5 heteroatoms. The van der Waals surface area contributed by atoms with Crippen LogP contribution < -0.4 is 5.32 Å². The zero-order chi connectivity index (χ0) is 14.5. The fraction of sp³-hybridized carbons (Fsp3) is 0.562. The summed E-state index contributed by atoms with van der Waals surface area (Å²) in [5.74, 6) is 0.930. The first-order valence-electron chi connectivity index (χ1n) is 7.95. The molecular weight excluding hydrogens is 262 g/mol. The number of benzene rings is 1. The van der Waals surface area contributed by atoms with Gasteiger partial charge in [-0.1, -0.05) is 26.2 Å². The third kappa shape index (κ3) is 3.60. The molecule has 0 radical (unpaired) electrons. The first-order valence-corrected chi connectivity index (χ1v) is 7.95. The van der Waals surface area contributed by atoms with Crippen molar-refractivity contribution in [2.24, 2.45) is 5.92 Å². The van der Waals surface area contributed by atoms with E-state index in [1.807, 2.05) is 12.1 Å². The van der Waals surface area contributed by atoms with E-state index in [0.717, 1.165) is 11.6 Å². The van der Waals surface area contributed by atoms with Crippen molar-refractivity contribution < 1.29 is 0 Å². The average molecular weight is 285 g/mol. The molecule has 1 heterocycles. The SMILES string of the molecule is CCC1CCCC(Nc2ccc(-n3cnnn3)cc2)CC1. The minimum atomic E-state index is 0.612. The number of rotatable bonds is 4. The molecule has 1 fully saturated rings. The highest BCUT2D eigenvalue weighted by Gasteiger charge is 2.17. The number of tetrazole rings is 1. The van der Waals surface area contributed by atoms with E-state index in [9.17, 15) is 0 Å². The van der Waals surface area contributed by atoms with E-state index in [1.54, 1.807) is 11.0 Å². The topological polar surface area (TPSA) is 55.6 Å². The van der Waals surface area contributed by atoms with Crippen LogP contribution in [0.4, 0.5) is 5.69 Å². The minimum Gasteiger partial charge on any atom is -0.382 e. The summed E-state index contributed by atoms with van der Waals surface area (Å²) in [4.78, 5) is 0. The van der Waals surface area contributed by atoms with Crippen molar-refractivity contribution >= 4 is 5.69 Å². The molecule has 0 aliphatic heterocycles. The Morgan fingerprint density at radius 3 is 2.71 bits per heavy atom. The third-order valence-electron chi connectivity index (χ3n) is 4.52. The van der Waals surface area contributed by atoms with Crippen molar-refractivity contribution in [2.75, 3.05) is 5.32 Å². The molecule has 21 heavy (non-hydrogen) atoms. The summed E-state index contributed by atoms with van der Waals surface area (Å²) in [5.41, 5.74) is 2.17. The number of anilines is 1. The molecule has 2 atom stereocenters. The molecule has 5 nitrogen and oxygen atoms in total. The van der Waals surface area contributed by atoms with Gasteiger partial charge in [-0.3, -0.25) is 0 Å². The molecule has 1 saturated carbocycles. The predicted molar refractivity (Wildman–Crippen MR) is 83.4 cm³/mol. The molecule has 1 aliphatic rings. The molecule has 0 spiro atoms. The Balaban J connectivity index is 1.60. The van der Waals surface area contributed by atoms with Crippen molar-refractivity contribution in [3.05, 3.63) is 30.6 Å². The number of hydrogen-bond donors (Lipinski definition) is 1. The van der Waals surface area contributed by atoms with Crippen LogP contribution in [0.2, 0.25) is 0 Å². The van der Waals surface area contributed by atoms with Gasteiger partial charge in [-0.15, -0.1) is 5.10 Å². The molecule has 1 N–H and O–H groups in total. The van der Waals surface area contributed by atoms with Crippen molar-refractivity contribution in [1.82, 2.24) is 20.2 Å². The van der Waals surface area contributed by atoms with Crippen LogP contribution in [0.3, 0.4) is 0 Å². The van der Waals surface area contributed by atoms with E-state index in [1.165, 1.54) is 44.2 Å². The normalized spacial score (nSPS) is 22.7. The van der Waals surface area contributed by atoms with Gasteiger partial charge < -0.3 is 5.32 Å². The van der Waals surface area contributed by atoms with E-state index in [0.29, 0.717) is 6.04 Å². The van der Waals surface area contributed by atoms with Gasteiger partial charge in [0.15, 0.2) is 0 Å². The van der Waals surface area contributed by atoms with Gasteiger partial charge in [0.1, 0.15) is 6.33 Å². The van der Waals surface area contributed by atoms with Crippen LogP contribution in [0.25, 0.3) is 5.69 Å². The Kier molecular flexibility index (Phi) is 4.48. The average Bonchev–Trinajstić information content (AvgIpc) is 2.96. The smallest absolute Gasteiger partial charge is 0.143 e. The second-order valence-electron chi connectivity index (χ2n) is 5.93. The van der Waals surface area contributed by atoms with E-state index >= 15 is 0 Å². The van der Waals surface area contributed by atoms with E-state index in [4.69, 9.17) is 0 Å². The summed E-state index contributed by atoms with van der Waals surface area (Å²) in [5, 5.41) is 14.9. The lowest BCUT2D eigenvalue weighted by atomic mass is 9.98. The van der Waals surface area contributed by atoms with Crippen molar-refractivity contribution in [1.29, 1.82) is 0 Å². The second kappa shape index (κ2) is 6.70. The lowest BCUT2D eigenvalue weighted by Gasteiger charge is -2.18. The number of aromatic nitrogens is 4. The lowest BCUT2D eigenvalue weighted by Crippen LogP contribution is -2.18. The molecule has 2 aromatic rings. The maximum atomic E-state index is 3.90. The van der Waals surface area contributed by atoms with Crippen molar-refractivity contribution in [3.63, 3.8) is 0 Å². The standard InChI is InChI=1S/C16H23N5/c1-2-13-4-3-5-14(7-6-13)18-15-8-10-16(11-9-15)21-12-17-19-20-21/h8-14,18H,2-7H2,1H3. The molecule has 1 aromatic heterocycles. The monoisotopic (exact) mass is 285 g/mol. The Bertz CT molecular complexity index is 534. The molecule has 1 aliphatic carbocycles. The first-order chi connectivity index (χ1) is 10.3. The molecular formula is C16H23N5. The number of nitrogens with zero attached hydrogens (tertiary/aromatic N) is 4. The van der Waals surface area contributed by atoms with Gasteiger partial charge in [0.05, 0.1) is 5.69 Å². The summed E-state index contributed by atoms with van der Waals surface area (Å²) in [6.45, 7) is 2.32. The number of hydrogen-bond acceptors (Lipinski definition) is 4. The molecule has 0 bridgehead atoms. The predicted octanol–water partition coefficient (Wildman–Crippen LogP) is 3.43. The van der Waals surface area contributed by atoms with Gasteiger partial charge in [-0.25, -0.2) is 4.68 Å². The second-order valence-corrected chi connectivity index (χ2v) is 5.93.